The Morgan fingerprint density at radius 3 is 2.07 bits per heavy atom. The molecule has 2 amide bonds. The van der Waals surface area contributed by atoms with Crippen LogP contribution in [0.5, 0.6) is 0 Å². The van der Waals surface area contributed by atoms with Crippen molar-refractivity contribution >= 4 is 34.7 Å². The number of carbonyl (C=O) groups excluding carboxylic acids is 2. The molecule has 3 aromatic rings. The summed E-state index contributed by atoms with van der Waals surface area (Å²) in [5.74, 6) is -0.00235. The molecule has 0 aliphatic carbocycles. The fourth-order valence-electron chi connectivity index (χ4n) is 3.10. The Balaban J connectivity index is 1.70. The summed E-state index contributed by atoms with van der Waals surface area (Å²) >= 11 is 0. The molecule has 0 aliphatic heterocycles. The molecule has 0 fully saturated rings. The van der Waals surface area contributed by atoms with Crippen molar-refractivity contribution in [2.75, 3.05) is 16.0 Å². The highest BCUT2D eigenvalue weighted by Gasteiger charge is 2.11. The monoisotopic (exact) mass is 389 g/mol. The smallest absolute Gasteiger partial charge is 0.276 e. The Labute approximate surface area is 169 Å². The SMILES string of the molecule is CC(=O)Nc1cccc(NC(=O)c2ccc(Nc3c(C)cc(C)cc3C)nn2)c1. The number of anilines is 4. The van der Waals surface area contributed by atoms with Crippen molar-refractivity contribution in [2.24, 2.45) is 0 Å². The van der Waals surface area contributed by atoms with E-state index in [1.165, 1.54) is 12.5 Å². The number of nitrogens with one attached hydrogen (secondary N) is 3. The second kappa shape index (κ2) is 8.52. The molecule has 3 rings (SSSR count). The molecule has 0 aliphatic rings. The van der Waals surface area contributed by atoms with E-state index in [1.807, 2.05) is 13.8 Å². The second-order valence-electron chi connectivity index (χ2n) is 6.92. The van der Waals surface area contributed by atoms with Gasteiger partial charge in [-0.05, 0) is 62.2 Å². The molecule has 1 heterocycles. The van der Waals surface area contributed by atoms with Crippen molar-refractivity contribution in [3.63, 3.8) is 0 Å². The molecule has 0 unspecified atom stereocenters. The Kier molecular flexibility index (Phi) is 5.87. The van der Waals surface area contributed by atoms with Crippen LogP contribution in [0.25, 0.3) is 0 Å². The fraction of sp³-hybridized carbons (Fsp3) is 0.182. The van der Waals surface area contributed by atoms with Crippen molar-refractivity contribution < 1.29 is 9.59 Å². The van der Waals surface area contributed by atoms with Crippen molar-refractivity contribution in [1.82, 2.24) is 10.2 Å². The van der Waals surface area contributed by atoms with Crippen LogP contribution in [0.3, 0.4) is 0 Å². The largest absolute Gasteiger partial charge is 0.338 e. The van der Waals surface area contributed by atoms with Crippen LogP contribution in [-0.2, 0) is 4.79 Å². The topological polar surface area (TPSA) is 96.0 Å². The van der Waals surface area contributed by atoms with Crippen LogP contribution < -0.4 is 16.0 Å². The van der Waals surface area contributed by atoms with E-state index in [4.69, 9.17) is 0 Å². The summed E-state index contributed by atoms with van der Waals surface area (Å²) in [5.41, 5.74) is 5.76. The van der Waals surface area contributed by atoms with Gasteiger partial charge >= 0.3 is 0 Å². The number of amides is 2. The van der Waals surface area contributed by atoms with E-state index >= 15 is 0 Å². The number of hydrogen-bond donors (Lipinski definition) is 3. The average molecular weight is 389 g/mol. The predicted molar refractivity (Wildman–Crippen MR) is 115 cm³/mol. The first kappa shape index (κ1) is 20.0. The Morgan fingerprint density at radius 1 is 0.828 bits per heavy atom. The number of aryl methyl sites for hydroxylation is 3. The summed E-state index contributed by atoms with van der Waals surface area (Å²) in [6.45, 7) is 7.55. The van der Waals surface area contributed by atoms with Crippen LogP contribution in [0.15, 0.2) is 48.5 Å². The zero-order chi connectivity index (χ0) is 21.0. The van der Waals surface area contributed by atoms with Gasteiger partial charge in [0.25, 0.3) is 5.91 Å². The number of hydrogen-bond acceptors (Lipinski definition) is 5. The third-order valence-electron chi connectivity index (χ3n) is 4.27. The lowest BCUT2D eigenvalue weighted by Gasteiger charge is -2.13. The maximum absolute atomic E-state index is 12.4. The minimum atomic E-state index is -0.383. The normalized spacial score (nSPS) is 10.3. The van der Waals surface area contributed by atoms with E-state index < -0.39 is 0 Å². The first-order valence-electron chi connectivity index (χ1n) is 9.19. The summed E-state index contributed by atoms with van der Waals surface area (Å²) in [5, 5.41) is 16.8. The maximum atomic E-state index is 12.4. The van der Waals surface area contributed by atoms with E-state index in [0.29, 0.717) is 17.2 Å². The van der Waals surface area contributed by atoms with Crippen molar-refractivity contribution in [2.45, 2.75) is 27.7 Å². The molecule has 2 aromatic carbocycles. The van der Waals surface area contributed by atoms with Gasteiger partial charge in [-0.1, -0.05) is 23.8 Å². The zero-order valence-corrected chi connectivity index (χ0v) is 16.8. The van der Waals surface area contributed by atoms with Crippen molar-refractivity contribution in [3.05, 3.63) is 70.9 Å². The molecule has 7 nitrogen and oxygen atoms in total. The lowest BCUT2D eigenvalue weighted by atomic mass is 10.1. The van der Waals surface area contributed by atoms with Crippen LogP contribution in [0.4, 0.5) is 22.9 Å². The molecule has 0 saturated heterocycles. The van der Waals surface area contributed by atoms with E-state index in [2.05, 4.69) is 45.2 Å². The van der Waals surface area contributed by atoms with Gasteiger partial charge in [-0.15, -0.1) is 10.2 Å². The third kappa shape index (κ3) is 5.16. The van der Waals surface area contributed by atoms with Gasteiger partial charge in [0, 0.05) is 24.0 Å². The predicted octanol–water partition coefficient (Wildman–Crippen LogP) is 4.36. The van der Waals surface area contributed by atoms with Gasteiger partial charge in [-0.2, -0.15) is 0 Å². The van der Waals surface area contributed by atoms with Gasteiger partial charge in [0.2, 0.25) is 5.91 Å². The first-order valence-corrected chi connectivity index (χ1v) is 9.19. The number of carbonyl (C=O) groups is 2. The van der Waals surface area contributed by atoms with Gasteiger partial charge in [0.15, 0.2) is 11.5 Å². The first-order chi connectivity index (χ1) is 13.8. The number of aromatic nitrogens is 2. The van der Waals surface area contributed by atoms with Crippen molar-refractivity contribution in [1.29, 1.82) is 0 Å². The molecule has 7 heteroatoms. The van der Waals surface area contributed by atoms with Crippen molar-refractivity contribution in [3.8, 4) is 0 Å². The minimum Gasteiger partial charge on any atom is -0.338 e. The average Bonchev–Trinajstić information content (AvgIpc) is 2.65. The van der Waals surface area contributed by atoms with E-state index in [9.17, 15) is 9.59 Å². The van der Waals surface area contributed by atoms with Gasteiger partial charge in [0.1, 0.15) is 0 Å². The molecule has 3 N–H and O–H groups in total. The van der Waals surface area contributed by atoms with Crippen LogP contribution >= 0.6 is 0 Å². The molecule has 0 spiro atoms. The van der Waals surface area contributed by atoms with Crippen LogP contribution in [0, 0.1) is 20.8 Å². The Bertz CT molecular complexity index is 1040. The summed E-state index contributed by atoms with van der Waals surface area (Å²) in [6.07, 6.45) is 0. The summed E-state index contributed by atoms with van der Waals surface area (Å²) in [7, 11) is 0. The highest BCUT2D eigenvalue weighted by molar-refractivity contribution is 6.03. The molecule has 0 bridgehead atoms. The second-order valence-corrected chi connectivity index (χ2v) is 6.92. The number of benzene rings is 2. The molecule has 1 aromatic heterocycles. The van der Waals surface area contributed by atoms with Gasteiger partial charge in [-0.3, -0.25) is 9.59 Å². The lowest BCUT2D eigenvalue weighted by Crippen LogP contribution is -2.15. The summed E-state index contributed by atoms with van der Waals surface area (Å²) < 4.78 is 0. The van der Waals surface area contributed by atoms with Crippen LogP contribution in [0.2, 0.25) is 0 Å². The molecule has 29 heavy (non-hydrogen) atoms. The standard InChI is InChI=1S/C22H23N5O2/c1-13-10-14(2)21(15(3)11-13)25-20-9-8-19(26-27-20)22(29)24-18-7-5-6-17(12-18)23-16(4)28/h5-12H,1-4H3,(H,23,28)(H,24,29)(H,25,27). The Morgan fingerprint density at radius 2 is 1.48 bits per heavy atom. The summed E-state index contributed by atoms with van der Waals surface area (Å²) in [6, 6.07) is 14.4. The molecule has 0 radical (unpaired) electrons. The third-order valence-corrected chi connectivity index (χ3v) is 4.27. The fourth-order valence-corrected chi connectivity index (χ4v) is 3.10. The highest BCUT2D eigenvalue weighted by Crippen LogP contribution is 2.25. The minimum absolute atomic E-state index is 0.179. The molecule has 0 saturated carbocycles. The lowest BCUT2D eigenvalue weighted by molar-refractivity contribution is -0.114. The molecular weight excluding hydrogens is 366 g/mol. The zero-order valence-electron chi connectivity index (χ0n) is 16.8. The van der Waals surface area contributed by atoms with Crippen LogP contribution in [0.1, 0.15) is 34.1 Å². The van der Waals surface area contributed by atoms with E-state index in [-0.39, 0.29) is 17.5 Å². The summed E-state index contributed by atoms with van der Waals surface area (Å²) in [4.78, 5) is 23.6. The van der Waals surface area contributed by atoms with Gasteiger partial charge in [0.05, 0.1) is 0 Å². The number of rotatable bonds is 5. The van der Waals surface area contributed by atoms with E-state index in [0.717, 1.165) is 16.8 Å². The van der Waals surface area contributed by atoms with Crippen LogP contribution in [-0.4, -0.2) is 22.0 Å². The number of nitrogens with zero attached hydrogens (tertiary/aromatic N) is 2. The Hall–Kier alpha value is -3.74. The molecule has 0 atom stereocenters. The van der Waals surface area contributed by atoms with Gasteiger partial charge in [-0.25, -0.2) is 0 Å². The van der Waals surface area contributed by atoms with E-state index in [1.54, 1.807) is 36.4 Å². The molecule has 148 valence electrons. The quantitative estimate of drug-likeness (QED) is 0.603. The maximum Gasteiger partial charge on any atom is 0.276 e. The molecular formula is C22H23N5O2. The highest BCUT2D eigenvalue weighted by atomic mass is 16.2. The van der Waals surface area contributed by atoms with Gasteiger partial charge < -0.3 is 16.0 Å².